The summed E-state index contributed by atoms with van der Waals surface area (Å²) in [5.41, 5.74) is 6.89. The summed E-state index contributed by atoms with van der Waals surface area (Å²) in [5, 5.41) is 3.01. The fraction of sp³-hybridized carbons (Fsp3) is 0.0625. The maximum Gasteiger partial charge on any atom is 0.338 e. The lowest BCUT2D eigenvalue weighted by Crippen LogP contribution is -2.11. The van der Waals surface area contributed by atoms with Crippen molar-refractivity contribution < 1.29 is 9.53 Å². The molecule has 8 nitrogen and oxygen atoms in total. The van der Waals surface area contributed by atoms with Gasteiger partial charge >= 0.3 is 5.97 Å². The van der Waals surface area contributed by atoms with Crippen LogP contribution in [0.2, 0.25) is 0 Å². The van der Waals surface area contributed by atoms with Gasteiger partial charge in [-0.15, -0.1) is 0 Å². The van der Waals surface area contributed by atoms with Crippen molar-refractivity contribution in [3.8, 4) is 0 Å². The minimum absolute atomic E-state index is 0.0402. The molecular weight excluding hydrogens is 308 g/mol. The number of aromatic nitrogens is 4. The van der Waals surface area contributed by atoms with Crippen molar-refractivity contribution in [1.29, 1.82) is 0 Å². The number of hydrogen-bond acceptors (Lipinski definition) is 8. The number of carbonyl (C=O) groups excluding carboxylic acids is 1. The molecule has 0 bridgehead atoms. The Labute approximate surface area is 137 Å². The fourth-order valence-corrected chi connectivity index (χ4v) is 1.91. The van der Waals surface area contributed by atoms with Gasteiger partial charge in [0.1, 0.15) is 0 Å². The molecule has 3 rings (SSSR count). The van der Waals surface area contributed by atoms with Crippen molar-refractivity contribution >= 4 is 23.6 Å². The molecule has 0 fully saturated rings. The zero-order valence-electron chi connectivity index (χ0n) is 12.6. The molecule has 0 radical (unpaired) electrons. The summed E-state index contributed by atoms with van der Waals surface area (Å²) in [7, 11) is 0. The summed E-state index contributed by atoms with van der Waals surface area (Å²) in [6.07, 6.45) is 3.03. The van der Waals surface area contributed by atoms with Gasteiger partial charge in [0.25, 0.3) is 0 Å². The number of esters is 1. The van der Waals surface area contributed by atoms with Gasteiger partial charge in [-0.1, -0.05) is 18.2 Å². The summed E-state index contributed by atoms with van der Waals surface area (Å²) in [5.74, 6) is 0.0827. The first-order chi connectivity index (χ1) is 11.7. The van der Waals surface area contributed by atoms with Crippen molar-refractivity contribution in [3.05, 3.63) is 66.2 Å². The smallest absolute Gasteiger partial charge is 0.338 e. The van der Waals surface area contributed by atoms with E-state index in [1.807, 2.05) is 30.3 Å². The lowest BCUT2D eigenvalue weighted by molar-refractivity contribution is 0.0462. The van der Waals surface area contributed by atoms with Gasteiger partial charge in [-0.3, -0.25) is 4.98 Å². The average molecular weight is 322 g/mol. The third kappa shape index (κ3) is 4.01. The van der Waals surface area contributed by atoms with Crippen LogP contribution in [0.4, 0.5) is 17.6 Å². The highest BCUT2D eigenvalue weighted by Crippen LogP contribution is 2.13. The van der Waals surface area contributed by atoms with Gasteiger partial charge < -0.3 is 15.8 Å². The van der Waals surface area contributed by atoms with Crippen LogP contribution in [0, 0.1) is 0 Å². The molecule has 1 aromatic carbocycles. The van der Waals surface area contributed by atoms with Gasteiger partial charge in [0.2, 0.25) is 11.9 Å². The Morgan fingerprint density at radius 1 is 1.04 bits per heavy atom. The number of para-hydroxylation sites is 1. The van der Waals surface area contributed by atoms with Crippen molar-refractivity contribution in [3.63, 3.8) is 0 Å². The van der Waals surface area contributed by atoms with Crippen LogP contribution >= 0.6 is 0 Å². The second-order valence-corrected chi connectivity index (χ2v) is 4.74. The number of nitrogens with two attached hydrogens (primary N) is 1. The molecule has 24 heavy (non-hydrogen) atoms. The lowest BCUT2D eigenvalue weighted by Gasteiger charge is -2.08. The summed E-state index contributed by atoms with van der Waals surface area (Å²) in [4.78, 5) is 27.9. The molecule has 0 unspecified atom stereocenters. The van der Waals surface area contributed by atoms with E-state index in [9.17, 15) is 4.79 Å². The molecule has 0 saturated carbocycles. The zero-order valence-corrected chi connectivity index (χ0v) is 12.6. The second kappa shape index (κ2) is 7.14. The SMILES string of the molecule is Nc1nc(COC(=O)c2ccncc2)nc(Nc2ccccc2)n1. The fourth-order valence-electron chi connectivity index (χ4n) is 1.91. The van der Waals surface area contributed by atoms with Crippen LogP contribution in [0.15, 0.2) is 54.9 Å². The monoisotopic (exact) mass is 322 g/mol. The Balaban J connectivity index is 1.69. The number of benzene rings is 1. The normalized spacial score (nSPS) is 10.2. The third-order valence-corrected chi connectivity index (χ3v) is 2.98. The standard InChI is InChI=1S/C16H14N6O2/c17-15-20-13(10-24-14(23)11-6-8-18-9-7-11)21-16(22-15)19-12-4-2-1-3-5-12/h1-9H,10H2,(H3,17,19,20,21,22). The summed E-state index contributed by atoms with van der Waals surface area (Å²) in [6.45, 7) is -0.114. The molecule has 0 atom stereocenters. The van der Waals surface area contributed by atoms with Crippen LogP contribution in [0.5, 0.6) is 0 Å². The van der Waals surface area contributed by atoms with Gasteiger partial charge in [0.15, 0.2) is 12.4 Å². The molecule has 3 N–H and O–H groups in total. The molecule has 0 amide bonds. The number of rotatable bonds is 5. The van der Waals surface area contributed by atoms with Crippen LogP contribution in [0.3, 0.4) is 0 Å². The molecule has 0 aliphatic rings. The van der Waals surface area contributed by atoms with E-state index in [4.69, 9.17) is 10.5 Å². The molecule has 8 heteroatoms. The van der Waals surface area contributed by atoms with Crippen LogP contribution in [-0.4, -0.2) is 25.9 Å². The Hall–Kier alpha value is -3.55. The number of nitrogens with zero attached hydrogens (tertiary/aromatic N) is 4. The van der Waals surface area contributed by atoms with Crippen molar-refractivity contribution in [1.82, 2.24) is 19.9 Å². The number of nitrogens with one attached hydrogen (secondary N) is 1. The first kappa shape index (κ1) is 15.3. The number of carbonyl (C=O) groups is 1. The van der Waals surface area contributed by atoms with Gasteiger partial charge in [-0.2, -0.15) is 15.0 Å². The highest BCUT2D eigenvalue weighted by molar-refractivity contribution is 5.89. The highest BCUT2D eigenvalue weighted by Gasteiger charge is 2.10. The van der Waals surface area contributed by atoms with Gasteiger partial charge in [-0.25, -0.2) is 4.79 Å². The number of ether oxygens (including phenoxy) is 1. The zero-order chi connectivity index (χ0) is 16.8. The predicted octanol–water partition coefficient (Wildman–Crippen LogP) is 1.95. The van der Waals surface area contributed by atoms with E-state index in [1.165, 1.54) is 12.4 Å². The number of nitrogen functional groups attached to an aromatic ring is 1. The Bertz CT molecular complexity index is 826. The highest BCUT2D eigenvalue weighted by atomic mass is 16.5. The van der Waals surface area contributed by atoms with Crippen LogP contribution in [0.1, 0.15) is 16.2 Å². The predicted molar refractivity (Wildman–Crippen MR) is 87.3 cm³/mol. The van der Waals surface area contributed by atoms with E-state index in [1.54, 1.807) is 12.1 Å². The topological polar surface area (TPSA) is 116 Å². The Kier molecular flexibility index (Phi) is 4.57. The number of pyridine rings is 1. The van der Waals surface area contributed by atoms with Crippen LogP contribution in [0.25, 0.3) is 0 Å². The quantitative estimate of drug-likeness (QED) is 0.685. The van der Waals surface area contributed by atoms with E-state index >= 15 is 0 Å². The van der Waals surface area contributed by atoms with Gasteiger partial charge in [-0.05, 0) is 24.3 Å². The minimum Gasteiger partial charge on any atom is -0.454 e. The molecule has 2 aromatic heterocycles. The molecule has 0 saturated heterocycles. The first-order valence-electron chi connectivity index (χ1n) is 7.10. The lowest BCUT2D eigenvalue weighted by atomic mass is 10.3. The largest absolute Gasteiger partial charge is 0.454 e. The summed E-state index contributed by atoms with van der Waals surface area (Å²) >= 11 is 0. The van der Waals surface area contributed by atoms with E-state index in [0.717, 1.165) is 5.69 Å². The number of hydrogen-bond donors (Lipinski definition) is 2. The molecule has 0 aliphatic carbocycles. The average Bonchev–Trinajstić information content (AvgIpc) is 2.61. The third-order valence-electron chi connectivity index (χ3n) is 2.98. The summed E-state index contributed by atoms with van der Waals surface area (Å²) < 4.78 is 5.17. The van der Waals surface area contributed by atoms with E-state index < -0.39 is 5.97 Å². The Morgan fingerprint density at radius 2 is 1.79 bits per heavy atom. The van der Waals surface area contributed by atoms with E-state index in [-0.39, 0.29) is 24.3 Å². The van der Waals surface area contributed by atoms with E-state index in [0.29, 0.717) is 5.56 Å². The molecular formula is C16H14N6O2. The molecule has 2 heterocycles. The number of anilines is 3. The van der Waals surface area contributed by atoms with E-state index in [2.05, 4.69) is 25.3 Å². The molecule has 3 aromatic rings. The second-order valence-electron chi connectivity index (χ2n) is 4.74. The first-order valence-corrected chi connectivity index (χ1v) is 7.10. The van der Waals surface area contributed by atoms with Crippen molar-refractivity contribution in [2.24, 2.45) is 0 Å². The molecule has 0 spiro atoms. The van der Waals surface area contributed by atoms with Gasteiger partial charge in [0, 0.05) is 18.1 Å². The summed E-state index contributed by atoms with van der Waals surface area (Å²) in [6, 6.07) is 12.5. The van der Waals surface area contributed by atoms with Gasteiger partial charge in [0.05, 0.1) is 5.56 Å². The van der Waals surface area contributed by atoms with Crippen molar-refractivity contribution in [2.75, 3.05) is 11.1 Å². The maximum absolute atomic E-state index is 11.9. The maximum atomic E-state index is 11.9. The minimum atomic E-state index is -0.492. The van der Waals surface area contributed by atoms with Crippen LogP contribution in [-0.2, 0) is 11.3 Å². The van der Waals surface area contributed by atoms with Crippen molar-refractivity contribution in [2.45, 2.75) is 6.61 Å². The van der Waals surface area contributed by atoms with Crippen LogP contribution < -0.4 is 11.1 Å². The Morgan fingerprint density at radius 3 is 2.54 bits per heavy atom. The molecule has 120 valence electrons. The molecule has 0 aliphatic heterocycles.